The predicted molar refractivity (Wildman–Crippen MR) is 65.4 cm³/mol. The SMILES string of the molecule is CCc1ccc2c(c1)C(O)(CC(=O)O)C(=O)N2C. The van der Waals surface area contributed by atoms with Gasteiger partial charge in [0, 0.05) is 12.6 Å². The minimum Gasteiger partial charge on any atom is -0.481 e. The molecule has 5 heteroatoms. The second-order valence-corrected chi connectivity index (χ2v) is 4.50. The molecule has 0 saturated carbocycles. The van der Waals surface area contributed by atoms with Crippen LogP contribution in [0.3, 0.4) is 0 Å². The molecule has 1 amide bonds. The standard InChI is InChI=1S/C13H15NO4/c1-3-8-4-5-10-9(6-8)13(18,7-11(15)16)12(17)14(10)2/h4-6,18H,3,7H2,1-2H3,(H,15,16). The summed E-state index contributed by atoms with van der Waals surface area (Å²) in [4.78, 5) is 24.2. The molecule has 0 bridgehead atoms. The number of carbonyl (C=O) groups is 2. The van der Waals surface area contributed by atoms with Crippen molar-refractivity contribution in [3.8, 4) is 0 Å². The van der Waals surface area contributed by atoms with Crippen molar-refractivity contribution in [1.29, 1.82) is 0 Å². The number of anilines is 1. The van der Waals surface area contributed by atoms with Crippen LogP contribution in [0.25, 0.3) is 0 Å². The summed E-state index contributed by atoms with van der Waals surface area (Å²) >= 11 is 0. The van der Waals surface area contributed by atoms with E-state index in [2.05, 4.69) is 0 Å². The minimum atomic E-state index is -1.94. The van der Waals surface area contributed by atoms with Gasteiger partial charge in [0.2, 0.25) is 0 Å². The second kappa shape index (κ2) is 4.10. The molecular formula is C13H15NO4. The maximum atomic E-state index is 12.0. The molecule has 1 aromatic rings. The van der Waals surface area contributed by atoms with Gasteiger partial charge in [-0.3, -0.25) is 9.59 Å². The summed E-state index contributed by atoms with van der Waals surface area (Å²) in [6, 6.07) is 5.32. The predicted octanol–water partition coefficient (Wildman–Crippen LogP) is 0.888. The van der Waals surface area contributed by atoms with Crippen LogP contribution in [0.2, 0.25) is 0 Å². The van der Waals surface area contributed by atoms with Gasteiger partial charge >= 0.3 is 5.97 Å². The molecule has 0 fully saturated rings. The van der Waals surface area contributed by atoms with Crippen LogP contribution in [0.15, 0.2) is 18.2 Å². The number of carboxylic acids is 1. The number of hydrogen-bond acceptors (Lipinski definition) is 3. The Kier molecular flexibility index (Phi) is 2.86. The van der Waals surface area contributed by atoms with Crippen LogP contribution >= 0.6 is 0 Å². The molecule has 1 unspecified atom stereocenters. The van der Waals surface area contributed by atoms with Gasteiger partial charge in [0.15, 0.2) is 5.60 Å². The summed E-state index contributed by atoms with van der Waals surface area (Å²) in [5.41, 5.74) is -0.0282. The summed E-state index contributed by atoms with van der Waals surface area (Å²) in [5.74, 6) is -1.79. The number of amides is 1. The number of aryl methyl sites for hydroxylation is 1. The van der Waals surface area contributed by atoms with Crippen molar-refractivity contribution in [3.63, 3.8) is 0 Å². The highest BCUT2D eigenvalue weighted by Gasteiger charge is 2.49. The molecule has 1 aromatic carbocycles. The van der Waals surface area contributed by atoms with Gasteiger partial charge in [0.1, 0.15) is 0 Å². The summed E-state index contributed by atoms with van der Waals surface area (Å²) in [6.07, 6.45) is 0.144. The number of hydrogen-bond donors (Lipinski definition) is 2. The van der Waals surface area contributed by atoms with E-state index in [4.69, 9.17) is 5.11 Å². The van der Waals surface area contributed by atoms with Gasteiger partial charge in [-0.25, -0.2) is 0 Å². The van der Waals surface area contributed by atoms with E-state index in [1.807, 2.05) is 13.0 Å². The summed E-state index contributed by atoms with van der Waals surface area (Å²) < 4.78 is 0. The highest BCUT2D eigenvalue weighted by atomic mass is 16.4. The Morgan fingerprint density at radius 3 is 2.67 bits per heavy atom. The third-order valence-electron chi connectivity index (χ3n) is 3.34. The van der Waals surface area contributed by atoms with Crippen molar-refractivity contribution in [1.82, 2.24) is 0 Å². The highest BCUT2D eigenvalue weighted by Crippen LogP contribution is 2.42. The molecule has 2 rings (SSSR count). The first-order chi connectivity index (χ1) is 8.40. The van der Waals surface area contributed by atoms with Crippen LogP contribution in [0.1, 0.15) is 24.5 Å². The Bertz CT molecular complexity index is 526. The Balaban J connectivity index is 2.58. The number of fused-ring (bicyclic) bond motifs is 1. The van der Waals surface area contributed by atoms with Crippen LogP contribution in [-0.4, -0.2) is 29.1 Å². The van der Waals surface area contributed by atoms with Gasteiger partial charge < -0.3 is 15.1 Å². The molecule has 0 aliphatic carbocycles. The summed E-state index contributed by atoms with van der Waals surface area (Å²) in [7, 11) is 1.53. The highest BCUT2D eigenvalue weighted by molar-refractivity contribution is 6.08. The van der Waals surface area contributed by atoms with Crippen molar-refractivity contribution < 1.29 is 19.8 Å². The molecular weight excluding hydrogens is 234 g/mol. The van der Waals surface area contributed by atoms with Gasteiger partial charge in [-0.1, -0.05) is 19.1 Å². The first-order valence-electron chi connectivity index (χ1n) is 5.76. The van der Waals surface area contributed by atoms with Crippen molar-refractivity contribution in [3.05, 3.63) is 29.3 Å². The van der Waals surface area contributed by atoms with Crippen LogP contribution in [0.5, 0.6) is 0 Å². The molecule has 1 heterocycles. The number of carboxylic acid groups (broad SMARTS) is 1. The lowest BCUT2D eigenvalue weighted by atomic mass is 9.90. The third kappa shape index (κ3) is 1.67. The van der Waals surface area contributed by atoms with Crippen LogP contribution in [-0.2, 0) is 21.6 Å². The lowest BCUT2D eigenvalue weighted by Gasteiger charge is -2.19. The maximum Gasteiger partial charge on any atom is 0.307 e. The number of benzene rings is 1. The average Bonchev–Trinajstić information content (AvgIpc) is 2.51. The molecule has 0 aromatic heterocycles. The zero-order chi connectivity index (χ0) is 13.5. The number of likely N-dealkylation sites (N-methyl/N-ethyl adjacent to an activating group) is 1. The van der Waals surface area contributed by atoms with Crippen molar-refractivity contribution >= 4 is 17.6 Å². The Morgan fingerprint density at radius 1 is 1.44 bits per heavy atom. The molecule has 2 N–H and O–H groups in total. The van der Waals surface area contributed by atoms with Crippen molar-refractivity contribution in [2.75, 3.05) is 11.9 Å². The number of aliphatic carboxylic acids is 1. The molecule has 0 radical (unpaired) electrons. The Labute approximate surface area is 105 Å². The van der Waals surface area contributed by atoms with Gasteiger partial charge in [-0.15, -0.1) is 0 Å². The van der Waals surface area contributed by atoms with E-state index in [0.717, 1.165) is 12.0 Å². The van der Waals surface area contributed by atoms with Crippen molar-refractivity contribution in [2.24, 2.45) is 0 Å². The van der Waals surface area contributed by atoms with Crippen LogP contribution in [0.4, 0.5) is 5.69 Å². The second-order valence-electron chi connectivity index (χ2n) is 4.50. The first kappa shape index (κ1) is 12.6. The number of aliphatic hydroxyl groups is 1. The molecule has 96 valence electrons. The fraction of sp³-hybridized carbons (Fsp3) is 0.385. The zero-order valence-corrected chi connectivity index (χ0v) is 10.3. The minimum absolute atomic E-state index is 0.386. The molecule has 1 aliphatic rings. The quantitative estimate of drug-likeness (QED) is 0.833. The van der Waals surface area contributed by atoms with Gasteiger partial charge in [-0.05, 0) is 18.1 Å². The topological polar surface area (TPSA) is 77.8 Å². The largest absolute Gasteiger partial charge is 0.481 e. The van der Waals surface area contributed by atoms with Crippen LogP contribution in [0, 0.1) is 0 Å². The smallest absolute Gasteiger partial charge is 0.307 e. The number of rotatable bonds is 3. The Morgan fingerprint density at radius 2 is 2.11 bits per heavy atom. The molecule has 1 atom stereocenters. The Hall–Kier alpha value is -1.88. The van der Waals surface area contributed by atoms with E-state index in [-0.39, 0.29) is 0 Å². The molecule has 0 saturated heterocycles. The fourth-order valence-electron chi connectivity index (χ4n) is 2.32. The first-order valence-corrected chi connectivity index (χ1v) is 5.76. The fourth-order valence-corrected chi connectivity index (χ4v) is 2.32. The van der Waals surface area contributed by atoms with E-state index >= 15 is 0 Å². The molecule has 0 spiro atoms. The van der Waals surface area contributed by atoms with Crippen molar-refractivity contribution in [2.45, 2.75) is 25.4 Å². The monoisotopic (exact) mass is 249 g/mol. The third-order valence-corrected chi connectivity index (χ3v) is 3.34. The lowest BCUT2D eigenvalue weighted by Crippen LogP contribution is -2.40. The maximum absolute atomic E-state index is 12.0. The van der Waals surface area contributed by atoms with Crippen LogP contribution < -0.4 is 4.90 Å². The molecule has 5 nitrogen and oxygen atoms in total. The molecule has 1 aliphatic heterocycles. The van der Waals surface area contributed by atoms with E-state index in [1.165, 1.54) is 11.9 Å². The van der Waals surface area contributed by atoms with E-state index in [0.29, 0.717) is 11.3 Å². The van der Waals surface area contributed by atoms with E-state index in [1.54, 1.807) is 12.1 Å². The van der Waals surface area contributed by atoms with E-state index < -0.39 is 23.9 Å². The normalized spacial score (nSPS) is 22.2. The number of carbonyl (C=O) groups excluding carboxylic acids is 1. The summed E-state index contributed by atoms with van der Waals surface area (Å²) in [6.45, 7) is 1.96. The summed E-state index contributed by atoms with van der Waals surface area (Å²) in [5, 5.41) is 19.3. The molecule has 18 heavy (non-hydrogen) atoms. The van der Waals surface area contributed by atoms with E-state index in [9.17, 15) is 14.7 Å². The van der Waals surface area contributed by atoms with Gasteiger partial charge in [-0.2, -0.15) is 0 Å². The lowest BCUT2D eigenvalue weighted by molar-refractivity contribution is -0.150. The number of nitrogens with zero attached hydrogens (tertiary/aromatic N) is 1. The van der Waals surface area contributed by atoms with Gasteiger partial charge in [0.25, 0.3) is 5.91 Å². The zero-order valence-electron chi connectivity index (χ0n) is 10.3. The van der Waals surface area contributed by atoms with Gasteiger partial charge in [0.05, 0.1) is 12.1 Å². The average molecular weight is 249 g/mol.